The molecule has 1 aromatic heterocycles. The predicted octanol–water partition coefficient (Wildman–Crippen LogP) is 0.810. The normalized spacial score (nSPS) is 25.2. The van der Waals surface area contributed by atoms with E-state index >= 15 is 0 Å². The molecule has 0 aliphatic heterocycles. The van der Waals surface area contributed by atoms with Gasteiger partial charge in [-0.25, -0.2) is 13.5 Å². The quantitative estimate of drug-likeness (QED) is 0.772. The van der Waals surface area contributed by atoms with E-state index in [0.29, 0.717) is 12.8 Å². The zero-order chi connectivity index (χ0) is 10.2. The molecule has 1 N–H and O–H groups in total. The summed E-state index contributed by atoms with van der Waals surface area (Å²) in [5.41, 5.74) is 0. The van der Waals surface area contributed by atoms with Crippen LogP contribution in [0.25, 0.3) is 0 Å². The third-order valence-electron chi connectivity index (χ3n) is 2.44. The van der Waals surface area contributed by atoms with Crippen LogP contribution in [0.15, 0.2) is 0 Å². The van der Waals surface area contributed by atoms with Gasteiger partial charge in [-0.1, -0.05) is 5.10 Å². The predicted molar refractivity (Wildman–Crippen MR) is 45.0 cm³/mol. The van der Waals surface area contributed by atoms with Crippen LogP contribution in [0.5, 0.6) is 0 Å². The Morgan fingerprint density at radius 3 is 2.86 bits per heavy atom. The molecular weight excluding hydrogens is 192 g/mol. The van der Waals surface area contributed by atoms with E-state index in [9.17, 15) is 8.78 Å². The van der Waals surface area contributed by atoms with Crippen LogP contribution in [-0.2, 0) is 7.05 Å². The summed E-state index contributed by atoms with van der Waals surface area (Å²) < 4.78 is 27.7. The minimum atomic E-state index is -2.65. The average Bonchev–Trinajstić information content (AvgIpc) is 2.62. The van der Waals surface area contributed by atoms with Gasteiger partial charge >= 0.3 is 0 Å². The standard InChI is InChI=1S/C7H11F2N5/c1-14-6(11-12-13-14)10-5-3-2-4-7(5,8)9/h5H,2-4H2,1H3,(H,10,11,13). The van der Waals surface area contributed by atoms with Crippen molar-refractivity contribution in [3.05, 3.63) is 0 Å². The third-order valence-corrected chi connectivity index (χ3v) is 2.44. The Kier molecular flexibility index (Phi) is 2.09. The second-order valence-corrected chi connectivity index (χ2v) is 3.48. The van der Waals surface area contributed by atoms with Crippen molar-refractivity contribution < 1.29 is 8.78 Å². The van der Waals surface area contributed by atoms with E-state index < -0.39 is 12.0 Å². The lowest BCUT2D eigenvalue weighted by atomic mass is 10.2. The van der Waals surface area contributed by atoms with Gasteiger partial charge in [0.25, 0.3) is 5.92 Å². The molecular formula is C7H11F2N5. The van der Waals surface area contributed by atoms with Gasteiger partial charge in [0.1, 0.15) is 0 Å². The Labute approximate surface area is 79.5 Å². The number of aryl methyl sites for hydroxylation is 1. The van der Waals surface area contributed by atoms with Crippen LogP contribution in [0, 0.1) is 0 Å². The lowest BCUT2D eigenvalue weighted by Crippen LogP contribution is -2.35. The summed E-state index contributed by atoms with van der Waals surface area (Å²) in [6.07, 6.45) is 0.936. The Bertz CT molecular complexity index is 324. The van der Waals surface area contributed by atoms with Crippen molar-refractivity contribution in [1.82, 2.24) is 20.2 Å². The number of nitrogens with one attached hydrogen (secondary N) is 1. The van der Waals surface area contributed by atoms with Crippen molar-refractivity contribution in [2.24, 2.45) is 7.05 Å². The van der Waals surface area contributed by atoms with Crippen LogP contribution in [-0.4, -0.2) is 32.2 Å². The molecule has 1 aliphatic rings. The number of anilines is 1. The minimum absolute atomic E-state index is 0.0596. The fourth-order valence-electron chi connectivity index (χ4n) is 1.61. The van der Waals surface area contributed by atoms with Gasteiger partial charge in [0.2, 0.25) is 5.95 Å². The molecule has 14 heavy (non-hydrogen) atoms. The van der Waals surface area contributed by atoms with Crippen LogP contribution >= 0.6 is 0 Å². The number of hydrogen-bond acceptors (Lipinski definition) is 4. The second-order valence-electron chi connectivity index (χ2n) is 3.48. The largest absolute Gasteiger partial charge is 0.344 e. The summed E-state index contributed by atoms with van der Waals surface area (Å²) in [6, 6.07) is -0.841. The fraction of sp³-hybridized carbons (Fsp3) is 0.857. The fourth-order valence-corrected chi connectivity index (χ4v) is 1.61. The monoisotopic (exact) mass is 203 g/mol. The van der Waals surface area contributed by atoms with Gasteiger partial charge in [0.15, 0.2) is 0 Å². The van der Waals surface area contributed by atoms with Crippen molar-refractivity contribution in [2.45, 2.75) is 31.2 Å². The van der Waals surface area contributed by atoms with E-state index in [1.807, 2.05) is 0 Å². The number of tetrazole rings is 1. The first kappa shape index (κ1) is 9.29. The van der Waals surface area contributed by atoms with Gasteiger partial charge < -0.3 is 5.32 Å². The Morgan fingerprint density at radius 1 is 1.57 bits per heavy atom. The summed E-state index contributed by atoms with van der Waals surface area (Å²) >= 11 is 0. The summed E-state index contributed by atoms with van der Waals surface area (Å²) in [7, 11) is 1.61. The van der Waals surface area contributed by atoms with Gasteiger partial charge in [-0.3, -0.25) is 0 Å². The lowest BCUT2D eigenvalue weighted by Gasteiger charge is -2.19. The number of hydrogen-bond donors (Lipinski definition) is 1. The topological polar surface area (TPSA) is 55.6 Å². The second kappa shape index (κ2) is 3.14. The minimum Gasteiger partial charge on any atom is -0.344 e. The summed E-state index contributed by atoms with van der Waals surface area (Å²) in [4.78, 5) is 0. The smallest absolute Gasteiger partial charge is 0.267 e. The van der Waals surface area contributed by atoms with E-state index in [1.165, 1.54) is 4.68 Å². The number of halogens is 2. The van der Waals surface area contributed by atoms with Crippen molar-refractivity contribution in [2.75, 3.05) is 5.32 Å². The molecule has 2 rings (SSSR count). The molecule has 1 aromatic rings. The van der Waals surface area contributed by atoms with Crippen LogP contribution < -0.4 is 5.32 Å². The highest BCUT2D eigenvalue weighted by molar-refractivity contribution is 5.25. The lowest BCUT2D eigenvalue weighted by molar-refractivity contribution is -0.000868. The molecule has 1 heterocycles. The highest BCUT2D eigenvalue weighted by Gasteiger charge is 2.44. The first-order chi connectivity index (χ1) is 6.59. The Hall–Kier alpha value is -1.27. The summed E-state index contributed by atoms with van der Waals surface area (Å²) in [5, 5.41) is 13.2. The molecule has 0 radical (unpaired) electrons. The van der Waals surface area contributed by atoms with Crippen LogP contribution in [0.4, 0.5) is 14.7 Å². The molecule has 7 heteroatoms. The van der Waals surface area contributed by atoms with E-state index in [-0.39, 0.29) is 12.4 Å². The summed E-state index contributed by atoms with van der Waals surface area (Å²) in [6.45, 7) is 0. The Morgan fingerprint density at radius 2 is 2.36 bits per heavy atom. The number of nitrogens with zero attached hydrogens (tertiary/aromatic N) is 4. The molecule has 0 aromatic carbocycles. The molecule has 78 valence electrons. The third kappa shape index (κ3) is 1.53. The van der Waals surface area contributed by atoms with E-state index in [1.54, 1.807) is 7.05 Å². The Balaban J connectivity index is 2.08. The molecule has 1 unspecified atom stereocenters. The highest BCUT2D eigenvalue weighted by Crippen LogP contribution is 2.36. The van der Waals surface area contributed by atoms with Gasteiger partial charge in [-0.05, 0) is 23.3 Å². The van der Waals surface area contributed by atoms with E-state index in [2.05, 4.69) is 20.8 Å². The van der Waals surface area contributed by atoms with Crippen LogP contribution in [0.2, 0.25) is 0 Å². The zero-order valence-electron chi connectivity index (χ0n) is 7.74. The molecule has 5 nitrogen and oxygen atoms in total. The number of alkyl halides is 2. The van der Waals surface area contributed by atoms with Gasteiger partial charge in [0, 0.05) is 13.5 Å². The van der Waals surface area contributed by atoms with Crippen LogP contribution in [0.3, 0.4) is 0 Å². The van der Waals surface area contributed by atoms with Gasteiger partial charge in [-0.15, -0.1) is 0 Å². The molecule has 1 fully saturated rings. The summed E-state index contributed by atoms with van der Waals surface area (Å²) in [5.74, 6) is -2.36. The maximum Gasteiger partial charge on any atom is 0.267 e. The van der Waals surface area contributed by atoms with Gasteiger partial charge in [0.05, 0.1) is 6.04 Å². The molecule has 1 atom stereocenters. The SMILES string of the molecule is Cn1nnnc1NC1CCCC1(F)F. The molecule has 1 aliphatic carbocycles. The number of rotatable bonds is 2. The maximum absolute atomic E-state index is 13.2. The maximum atomic E-state index is 13.2. The first-order valence-corrected chi connectivity index (χ1v) is 4.46. The van der Waals surface area contributed by atoms with Crippen LogP contribution in [0.1, 0.15) is 19.3 Å². The van der Waals surface area contributed by atoms with Crippen molar-refractivity contribution in [3.8, 4) is 0 Å². The van der Waals surface area contributed by atoms with Crippen molar-refractivity contribution in [3.63, 3.8) is 0 Å². The average molecular weight is 203 g/mol. The molecule has 0 amide bonds. The van der Waals surface area contributed by atoms with Crippen molar-refractivity contribution >= 4 is 5.95 Å². The van der Waals surface area contributed by atoms with Gasteiger partial charge in [-0.2, -0.15) is 0 Å². The molecule has 0 bridgehead atoms. The first-order valence-electron chi connectivity index (χ1n) is 4.46. The molecule has 1 saturated carbocycles. The molecule has 0 saturated heterocycles. The zero-order valence-corrected chi connectivity index (χ0v) is 7.74. The number of aromatic nitrogens is 4. The van der Waals surface area contributed by atoms with Crippen molar-refractivity contribution in [1.29, 1.82) is 0 Å². The van der Waals surface area contributed by atoms with E-state index in [4.69, 9.17) is 0 Å². The highest BCUT2D eigenvalue weighted by atomic mass is 19.3. The van der Waals surface area contributed by atoms with E-state index in [0.717, 1.165) is 0 Å². The molecule has 0 spiro atoms.